The maximum absolute atomic E-state index is 5.39. The van der Waals surface area contributed by atoms with Gasteiger partial charge in [0.15, 0.2) is 5.96 Å². The second kappa shape index (κ2) is 11.7. The number of aromatic nitrogens is 2. The average Bonchev–Trinajstić information content (AvgIpc) is 3.08. The summed E-state index contributed by atoms with van der Waals surface area (Å²) in [6.07, 6.45) is 8.00. The fraction of sp³-hybridized carbons (Fsp3) is 0.765. The maximum Gasteiger partial charge on any atom is 0.193 e. The molecular formula is C17H32IN5O. The highest BCUT2D eigenvalue weighted by molar-refractivity contribution is 14.0. The van der Waals surface area contributed by atoms with Crippen molar-refractivity contribution in [1.29, 1.82) is 0 Å². The van der Waals surface area contributed by atoms with Crippen molar-refractivity contribution in [3.63, 3.8) is 0 Å². The van der Waals surface area contributed by atoms with Crippen LogP contribution in [0.3, 0.4) is 0 Å². The normalized spacial score (nSPS) is 21.5. The van der Waals surface area contributed by atoms with Gasteiger partial charge in [0.05, 0.1) is 12.4 Å². The Hall–Kier alpha value is -0.830. The highest BCUT2D eigenvalue weighted by Gasteiger charge is 2.28. The number of hydrogen-bond donors (Lipinski definition) is 1. The summed E-state index contributed by atoms with van der Waals surface area (Å²) in [5.74, 6) is 1.68. The van der Waals surface area contributed by atoms with E-state index in [1.807, 2.05) is 19.4 Å². The van der Waals surface area contributed by atoms with Gasteiger partial charge in [-0.05, 0) is 32.6 Å². The number of rotatable bonds is 7. The Kier molecular flexibility index (Phi) is 10.3. The number of guanidine groups is 1. The van der Waals surface area contributed by atoms with Gasteiger partial charge >= 0.3 is 0 Å². The SMILES string of the molecule is CCNC(=NCCCOCC)N1CCC(C)C(n2ccnc2)C1.I. The molecule has 7 heteroatoms. The molecule has 1 fully saturated rings. The standard InChI is InChI=1S/C17H31N5O.HI/c1-4-19-17(20-8-6-12-23-5-2)21-10-7-15(3)16(13-21)22-11-9-18-14-22;/h9,11,14-16H,4-8,10,12-13H2,1-3H3,(H,19,20);1H. The second-order valence-corrected chi connectivity index (χ2v) is 6.08. The lowest BCUT2D eigenvalue weighted by atomic mass is 9.93. The van der Waals surface area contributed by atoms with Crippen LogP contribution in [-0.4, -0.2) is 59.8 Å². The van der Waals surface area contributed by atoms with Crippen molar-refractivity contribution in [2.24, 2.45) is 10.9 Å². The Balaban J connectivity index is 0.00000288. The van der Waals surface area contributed by atoms with Gasteiger partial charge in [0.1, 0.15) is 0 Å². The van der Waals surface area contributed by atoms with E-state index in [2.05, 4.69) is 39.8 Å². The summed E-state index contributed by atoms with van der Waals surface area (Å²) in [7, 11) is 0. The van der Waals surface area contributed by atoms with Gasteiger partial charge in [-0.15, -0.1) is 24.0 Å². The summed E-state index contributed by atoms with van der Waals surface area (Å²) in [5, 5.41) is 3.43. The minimum atomic E-state index is 0. The number of hydrogen-bond acceptors (Lipinski definition) is 3. The molecule has 6 nitrogen and oxygen atoms in total. The zero-order chi connectivity index (χ0) is 16.5. The van der Waals surface area contributed by atoms with Crippen LogP contribution < -0.4 is 5.32 Å². The number of piperidine rings is 1. The summed E-state index contributed by atoms with van der Waals surface area (Å²) in [5.41, 5.74) is 0. The first-order valence-electron chi connectivity index (χ1n) is 8.84. The Labute approximate surface area is 163 Å². The predicted octanol–water partition coefficient (Wildman–Crippen LogP) is 2.78. The van der Waals surface area contributed by atoms with Gasteiger partial charge in [-0.1, -0.05) is 6.92 Å². The molecule has 0 radical (unpaired) electrons. The number of likely N-dealkylation sites (tertiary alicyclic amines) is 1. The molecule has 0 amide bonds. The van der Waals surface area contributed by atoms with E-state index >= 15 is 0 Å². The molecule has 138 valence electrons. The fourth-order valence-corrected chi connectivity index (χ4v) is 3.02. The van der Waals surface area contributed by atoms with Gasteiger partial charge in [0.25, 0.3) is 0 Å². The molecule has 0 saturated carbocycles. The molecule has 1 aliphatic rings. The second-order valence-electron chi connectivity index (χ2n) is 6.08. The van der Waals surface area contributed by atoms with Gasteiger partial charge in [0, 0.05) is 51.8 Å². The monoisotopic (exact) mass is 449 g/mol. The number of nitrogens with one attached hydrogen (secondary N) is 1. The van der Waals surface area contributed by atoms with Crippen molar-refractivity contribution in [3.05, 3.63) is 18.7 Å². The first-order chi connectivity index (χ1) is 11.3. The van der Waals surface area contributed by atoms with Crippen molar-refractivity contribution < 1.29 is 4.74 Å². The van der Waals surface area contributed by atoms with E-state index in [1.54, 1.807) is 0 Å². The molecule has 2 unspecified atom stereocenters. The summed E-state index contributed by atoms with van der Waals surface area (Å²) in [4.78, 5) is 11.4. The highest BCUT2D eigenvalue weighted by atomic mass is 127. The number of aliphatic imine (C=N–C) groups is 1. The number of halogens is 1. The van der Waals surface area contributed by atoms with Crippen molar-refractivity contribution >= 4 is 29.9 Å². The van der Waals surface area contributed by atoms with E-state index in [0.29, 0.717) is 12.0 Å². The fourth-order valence-electron chi connectivity index (χ4n) is 3.02. The maximum atomic E-state index is 5.39. The zero-order valence-electron chi connectivity index (χ0n) is 15.1. The quantitative estimate of drug-likeness (QED) is 0.301. The van der Waals surface area contributed by atoms with Crippen LogP contribution in [0.15, 0.2) is 23.7 Å². The lowest BCUT2D eigenvalue weighted by molar-refractivity contribution is 0.146. The summed E-state index contributed by atoms with van der Waals surface area (Å²) >= 11 is 0. The molecule has 0 aromatic carbocycles. The molecule has 1 aromatic rings. The zero-order valence-corrected chi connectivity index (χ0v) is 17.5. The van der Waals surface area contributed by atoms with Gasteiger partial charge in [-0.3, -0.25) is 4.99 Å². The molecule has 2 rings (SSSR count). The number of ether oxygens (including phenoxy) is 1. The van der Waals surface area contributed by atoms with E-state index in [4.69, 9.17) is 9.73 Å². The molecule has 1 aliphatic heterocycles. The first-order valence-corrected chi connectivity index (χ1v) is 8.84. The van der Waals surface area contributed by atoms with E-state index in [-0.39, 0.29) is 24.0 Å². The van der Waals surface area contributed by atoms with Crippen LogP contribution in [0.2, 0.25) is 0 Å². The highest BCUT2D eigenvalue weighted by Crippen LogP contribution is 2.27. The van der Waals surface area contributed by atoms with Crippen molar-refractivity contribution in [2.45, 2.75) is 39.7 Å². The van der Waals surface area contributed by atoms with Gasteiger partial charge in [-0.25, -0.2) is 4.98 Å². The molecular weight excluding hydrogens is 417 g/mol. The third-order valence-corrected chi connectivity index (χ3v) is 4.37. The lowest BCUT2D eigenvalue weighted by Gasteiger charge is -2.39. The summed E-state index contributed by atoms with van der Waals surface area (Å²) < 4.78 is 7.62. The van der Waals surface area contributed by atoms with Crippen LogP contribution in [0.5, 0.6) is 0 Å². The van der Waals surface area contributed by atoms with E-state index in [9.17, 15) is 0 Å². The summed E-state index contributed by atoms with van der Waals surface area (Å²) in [6, 6.07) is 0.457. The largest absolute Gasteiger partial charge is 0.382 e. The minimum Gasteiger partial charge on any atom is -0.382 e. The predicted molar refractivity (Wildman–Crippen MR) is 109 cm³/mol. The Morgan fingerprint density at radius 2 is 2.25 bits per heavy atom. The Morgan fingerprint density at radius 1 is 1.42 bits per heavy atom. The van der Waals surface area contributed by atoms with Crippen LogP contribution in [-0.2, 0) is 4.74 Å². The van der Waals surface area contributed by atoms with Gasteiger partial charge in [-0.2, -0.15) is 0 Å². The third-order valence-electron chi connectivity index (χ3n) is 4.37. The Bertz CT molecular complexity index is 466. The molecule has 2 atom stereocenters. The Morgan fingerprint density at radius 3 is 2.92 bits per heavy atom. The van der Waals surface area contributed by atoms with E-state index in [0.717, 1.165) is 51.8 Å². The van der Waals surface area contributed by atoms with Crippen molar-refractivity contribution in [2.75, 3.05) is 39.4 Å². The molecule has 2 heterocycles. The van der Waals surface area contributed by atoms with Crippen LogP contribution in [0.25, 0.3) is 0 Å². The molecule has 0 spiro atoms. The van der Waals surface area contributed by atoms with Crippen LogP contribution in [0.4, 0.5) is 0 Å². The molecule has 0 aliphatic carbocycles. The molecule has 1 N–H and O–H groups in total. The number of nitrogens with zero attached hydrogens (tertiary/aromatic N) is 4. The summed E-state index contributed by atoms with van der Waals surface area (Å²) in [6.45, 7) is 11.8. The number of imidazole rings is 1. The van der Waals surface area contributed by atoms with E-state index < -0.39 is 0 Å². The van der Waals surface area contributed by atoms with Crippen LogP contribution in [0.1, 0.15) is 39.7 Å². The molecule has 1 saturated heterocycles. The van der Waals surface area contributed by atoms with Crippen molar-refractivity contribution in [3.8, 4) is 0 Å². The third kappa shape index (κ3) is 6.23. The lowest BCUT2D eigenvalue weighted by Crippen LogP contribution is -2.49. The van der Waals surface area contributed by atoms with Gasteiger partial charge in [0.2, 0.25) is 0 Å². The molecule has 1 aromatic heterocycles. The molecule has 24 heavy (non-hydrogen) atoms. The van der Waals surface area contributed by atoms with Crippen LogP contribution >= 0.6 is 24.0 Å². The first kappa shape index (κ1) is 21.2. The average molecular weight is 449 g/mol. The van der Waals surface area contributed by atoms with E-state index in [1.165, 1.54) is 6.42 Å². The van der Waals surface area contributed by atoms with Crippen LogP contribution in [0, 0.1) is 5.92 Å². The van der Waals surface area contributed by atoms with Crippen molar-refractivity contribution in [1.82, 2.24) is 19.8 Å². The topological polar surface area (TPSA) is 54.7 Å². The molecule has 0 bridgehead atoms. The smallest absolute Gasteiger partial charge is 0.193 e. The van der Waals surface area contributed by atoms with Gasteiger partial charge < -0.3 is 19.5 Å². The minimum absolute atomic E-state index is 0.